The fourth-order valence-corrected chi connectivity index (χ4v) is 2.95. The second-order valence-corrected chi connectivity index (χ2v) is 6.16. The zero-order valence-electron chi connectivity index (χ0n) is 10.6. The first-order valence-corrected chi connectivity index (χ1v) is 7.58. The summed E-state index contributed by atoms with van der Waals surface area (Å²) in [5, 5.41) is 10.1. The summed E-state index contributed by atoms with van der Waals surface area (Å²) in [7, 11) is 0. The maximum absolute atomic E-state index is 10.1. The third-order valence-corrected chi connectivity index (χ3v) is 4.31. The highest BCUT2D eigenvalue weighted by atomic mass is 127. The lowest BCUT2D eigenvalue weighted by Gasteiger charge is -2.33. The van der Waals surface area contributed by atoms with Gasteiger partial charge in [-0.15, -0.1) is 0 Å². The fourth-order valence-electron chi connectivity index (χ4n) is 2.59. The Bertz CT molecular complexity index is 567. The van der Waals surface area contributed by atoms with Crippen LogP contribution < -0.4 is 4.90 Å². The molecule has 3 heteroatoms. The molecule has 1 atom stereocenters. The van der Waals surface area contributed by atoms with E-state index in [1.165, 1.54) is 14.8 Å². The van der Waals surface area contributed by atoms with Crippen molar-refractivity contribution in [3.8, 4) is 0 Å². The summed E-state index contributed by atoms with van der Waals surface area (Å²) < 4.78 is 1.26. The minimum Gasteiger partial charge on any atom is -0.388 e. The molecule has 0 fully saturated rings. The van der Waals surface area contributed by atoms with Gasteiger partial charge in [-0.3, -0.25) is 0 Å². The van der Waals surface area contributed by atoms with Crippen molar-refractivity contribution in [2.75, 3.05) is 11.4 Å². The van der Waals surface area contributed by atoms with Crippen LogP contribution in [0.5, 0.6) is 0 Å². The molecule has 2 nitrogen and oxygen atoms in total. The molecule has 2 aromatic rings. The Morgan fingerprint density at radius 2 is 1.84 bits per heavy atom. The molecule has 3 rings (SSSR count). The fraction of sp³-hybridized carbons (Fsp3) is 0.250. The van der Waals surface area contributed by atoms with Gasteiger partial charge in [0, 0.05) is 27.9 Å². The lowest BCUT2D eigenvalue weighted by molar-refractivity contribution is 0.164. The lowest BCUT2D eigenvalue weighted by atomic mass is 9.98. The van der Waals surface area contributed by atoms with E-state index in [1.807, 2.05) is 18.2 Å². The van der Waals surface area contributed by atoms with Crippen molar-refractivity contribution in [1.82, 2.24) is 0 Å². The van der Waals surface area contributed by atoms with Gasteiger partial charge < -0.3 is 10.0 Å². The maximum Gasteiger partial charge on any atom is 0.0826 e. The van der Waals surface area contributed by atoms with Gasteiger partial charge in [-0.05, 0) is 52.8 Å². The number of hydrogen-bond donors (Lipinski definition) is 1. The first kappa shape index (κ1) is 12.9. The minimum absolute atomic E-state index is 0.316. The van der Waals surface area contributed by atoms with Crippen LogP contribution in [0.25, 0.3) is 0 Å². The van der Waals surface area contributed by atoms with Crippen molar-refractivity contribution in [2.45, 2.75) is 19.1 Å². The SMILES string of the molecule is OC1CCN(Cc2ccc(I)cc2)c2ccccc21. The standard InChI is InChI=1S/C16H16INO/c17-13-7-5-12(6-8-13)11-18-10-9-16(19)14-3-1-2-4-15(14)18/h1-8,16,19H,9-11H2. The summed E-state index contributed by atoms with van der Waals surface area (Å²) in [6.45, 7) is 1.81. The van der Waals surface area contributed by atoms with Crippen molar-refractivity contribution in [3.63, 3.8) is 0 Å². The van der Waals surface area contributed by atoms with Gasteiger partial charge in [0.1, 0.15) is 0 Å². The van der Waals surface area contributed by atoms with Crippen LogP contribution in [0.15, 0.2) is 48.5 Å². The quantitative estimate of drug-likeness (QED) is 0.820. The minimum atomic E-state index is -0.316. The Labute approximate surface area is 127 Å². The van der Waals surface area contributed by atoms with E-state index in [2.05, 4.69) is 57.8 Å². The summed E-state index contributed by atoms with van der Waals surface area (Å²) in [6, 6.07) is 16.8. The molecular weight excluding hydrogens is 349 g/mol. The summed E-state index contributed by atoms with van der Waals surface area (Å²) in [5.41, 5.74) is 3.53. The van der Waals surface area contributed by atoms with Crippen LogP contribution in [0.2, 0.25) is 0 Å². The molecule has 0 aromatic heterocycles. The van der Waals surface area contributed by atoms with E-state index >= 15 is 0 Å². The lowest BCUT2D eigenvalue weighted by Crippen LogP contribution is -2.30. The Morgan fingerprint density at radius 3 is 2.63 bits per heavy atom. The molecule has 0 aliphatic carbocycles. The second-order valence-electron chi connectivity index (χ2n) is 4.91. The highest BCUT2D eigenvalue weighted by Crippen LogP contribution is 2.34. The van der Waals surface area contributed by atoms with E-state index in [0.29, 0.717) is 0 Å². The number of para-hydroxylation sites is 1. The topological polar surface area (TPSA) is 23.5 Å². The van der Waals surface area contributed by atoms with Gasteiger partial charge in [0.15, 0.2) is 0 Å². The van der Waals surface area contributed by atoms with E-state index in [0.717, 1.165) is 25.1 Å². The number of aliphatic hydroxyl groups excluding tert-OH is 1. The number of rotatable bonds is 2. The molecule has 0 radical (unpaired) electrons. The van der Waals surface area contributed by atoms with Crippen molar-refractivity contribution in [1.29, 1.82) is 0 Å². The molecule has 19 heavy (non-hydrogen) atoms. The van der Waals surface area contributed by atoms with Crippen LogP contribution in [0.1, 0.15) is 23.7 Å². The van der Waals surface area contributed by atoms with E-state index in [9.17, 15) is 5.11 Å². The number of fused-ring (bicyclic) bond motifs is 1. The molecule has 2 aromatic carbocycles. The largest absolute Gasteiger partial charge is 0.388 e. The average Bonchev–Trinajstić information content (AvgIpc) is 2.45. The predicted octanol–water partition coefficient (Wildman–Crippen LogP) is 3.73. The Morgan fingerprint density at radius 1 is 1.11 bits per heavy atom. The molecule has 1 aliphatic rings. The number of benzene rings is 2. The Hall–Kier alpha value is -1.07. The van der Waals surface area contributed by atoms with Gasteiger partial charge in [0.25, 0.3) is 0 Å². The highest BCUT2D eigenvalue weighted by molar-refractivity contribution is 14.1. The molecule has 98 valence electrons. The number of aliphatic hydroxyl groups is 1. The molecule has 1 heterocycles. The zero-order chi connectivity index (χ0) is 13.2. The van der Waals surface area contributed by atoms with Crippen LogP contribution in [0.3, 0.4) is 0 Å². The smallest absolute Gasteiger partial charge is 0.0826 e. The van der Waals surface area contributed by atoms with Gasteiger partial charge in [0.2, 0.25) is 0 Å². The number of hydrogen-bond acceptors (Lipinski definition) is 2. The first-order chi connectivity index (χ1) is 9.24. The molecular formula is C16H16INO. The van der Waals surface area contributed by atoms with Gasteiger partial charge >= 0.3 is 0 Å². The summed E-state index contributed by atoms with van der Waals surface area (Å²) in [6.07, 6.45) is 0.491. The van der Waals surface area contributed by atoms with Crippen LogP contribution in [-0.4, -0.2) is 11.7 Å². The third-order valence-electron chi connectivity index (χ3n) is 3.60. The van der Waals surface area contributed by atoms with E-state index < -0.39 is 0 Å². The monoisotopic (exact) mass is 365 g/mol. The predicted molar refractivity (Wildman–Crippen MR) is 86.2 cm³/mol. The highest BCUT2D eigenvalue weighted by Gasteiger charge is 2.22. The van der Waals surface area contributed by atoms with Crippen molar-refractivity contribution in [2.24, 2.45) is 0 Å². The number of nitrogens with zero attached hydrogens (tertiary/aromatic N) is 1. The molecule has 0 saturated heterocycles. The normalized spacial score (nSPS) is 18.2. The van der Waals surface area contributed by atoms with Gasteiger partial charge in [-0.25, -0.2) is 0 Å². The second kappa shape index (κ2) is 5.51. The molecule has 1 N–H and O–H groups in total. The van der Waals surface area contributed by atoms with Crippen LogP contribution in [0, 0.1) is 3.57 Å². The molecule has 0 spiro atoms. The van der Waals surface area contributed by atoms with Gasteiger partial charge in [-0.2, -0.15) is 0 Å². The number of anilines is 1. The Balaban J connectivity index is 1.86. The van der Waals surface area contributed by atoms with E-state index in [-0.39, 0.29) is 6.10 Å². The van der Waals surface area contributed by atoms with Crippen LogP contribution in [-0.2, 0) is 6.54 Å². The van der Waals surface area contributed by atoms with E-state index in [4.69, 9.17) is 0 Å². The molecule has 0 amide bonds. The summed E-state index contributed by atoms with van der Waals surface area (Å²) >= 11 is 2.32. The van der Waals surface area contributed by atoms with Gasteiger partial charge in [0.05, 0.1) is 6.10 Å². The van der Waals surface area contributed by atoms with Gasteiger partial charge in [-0.1, -0.05) is 30.3 Å². The average molecular weight is 365 g/mol. The van der Waals surface area contributed by atoms with Crippen molar-refractivity contribution < 1.29 is 5.11 Å². The van der Waals surface area contributed by atoms with Crippen LogP contribution in [0.4, 0.5) is 5.69 Å². The number of halogens is 1. The third kappa shape index (κ3) is 2.77. The molecule has 1 unspecified atom stereocenters. The van der Waals surface area contributed by atoms with Crippen LogP contribution >= 0.6 is 22.6 Å². The maximum atomic E-state index is 10.1. The first-order valence-electron chi connectivity index (χ1n) is 6.50. The van der Waals surface area contributed by atoms with Crippen molar-refractivity contribution in [3.05, 3.63) is 63.2 Å². The molecule has 0 bridgehead atoms. The Kier molecular flexibility index (Phi) is 3.75. The summed E-state index contributed by atoms with van der Waals surface area (Å²) in [4.78, 5) is 2.35. The summed E-state index contributed by atoms with van der Waals surface area (Å²) in [5.74, 6) is 0. The van der Waals surface area contributed by atoms with E-state index in [1.54, 1.807) is 0 Å². The zero-order valence-corrected chi connectivity index (χ0v) is 12.7. The molecule has 0 saturated carbocycles. The van der Waals surface area contributed by atoms with Crippen molar-refractivity contribution >= 4 is 28.3 Å². The molecule has 1 aliphatic heterocycles.